The lowest BCUT2D eigenvalue weighted by Crippen LogP contribution is -2.00. The van der Waals surface area contributed by atoms with E-state index in [1.165, 1.54) is 12.1 Å². The Morgan fingerprint density at radius 2 is 1.48 bits per heavy atom. The zero-order valence-electron chi connectivity index (χ0n) is 12.1. The number of ether oxygens (including phenoxy) is 1. The van der Waals surface area contributed by atoms with E-state index in [1.54, 1.807) is 24.3 Å². The van der Waals surface area contributed by atoms with Crippen molar-refractivity contribution in [2.45, 2.75) is 6.61 Å². The lowest BCUT2D eigenvalue weighted by Gasteiger charge is -2.10. The first-order chi connectivity index (χ1) is 11.1. The molecular formula is C19H13BrF2O. The maximum atomic E-state index is 14.3. The Labute approximate surface area is 141 Å². The van der Waals surface area contributed by atoms with Crippen LogP contribution in [0.3, 0.4) is 0 Å². The van der Waals surface area contributed by atoms with Gasteiger partial charge < -0.3 is 4.74 Å². The van der Waals surface area contributed by atoms with Crippen molar-refractivity contribution in [1.82, 2.24) is 0 Å². The summed E-state index contributed by atoms with van der Waals surface area (Å²) >= 11 is 3.32. The van der Waals surface area contributed by atoms with Crippen LogP contribution >= 0.6 is 15.9 Å². The van der Waals surface area contributed by atoms with Gasteiger partial charge in [-0.05, 0) is 35.4 Å². The summed E-state index contributed by atoms with van der Waals surface area (Å²) in [4.78, 5) is 0. The molecule has 0 saturated heterocycles. The second-order valence-corrected chi connectivity index (χ2v) is 5.94. The van der Waals surface area contributed by atoms with E-state index in [0.29, 0.717) is 5.56 Å². The van der Waals surface area contributed by atoms with Crippen LogP contribution in [-0.4, -0.2) is 0 Å². The van der Waals surface area contributed by atoms with Crippen molar-refractivity contribution < 1.29 is 13.5 Å². The molecule has 0 bridgehead atoms. The molecule has 0 radical (unpaired) electrons. The van der Waals surface area contributed by atoms with Crippen LogP contribution in [-0.2, 0) is 6.61 Å². The van der Waals surface area contributed by atoms with Gasteiger partial charge in [-0.15, -0.1) is 0 Å². The normalized spacial score (nSPS) is 10.6. The van der Waals surface area contributed by atoms with Crippen LogP contribution in [0.1, 0.15) is 5.56 Å². The monoisotopic (exact) mass is 374 g/mol. The predicted octanol–water partition coefficient (Wildman–Crippen LogP) is 5.97. The van der Waals surface area contributed by atoms with E-state index < -0.39 is 11.6 Å². The summed E-state index contributed by atoms with van der Waals surface area (Å²) in [6.45, 7) is 0.189. The summed E-state index contributed by atoms with van der Waals surface area (Å²) in [5, 5.41) is 0. The van der Waals surface area contributed by atoms with Crippen LogP contribution in [0, 0.1) is 11.6 Å². The van der Waals surface area contributed by atoms with E-state index in [-0.39, 0.29) is 17.9 Å². The van der Waals surface area contributed by atoms with E-state index in [2.05, 4.69) is 15.9 Å². The molecule has 0 aromatic heterocycles. The first-order valence-corrected chi connectivity index (χ1v) is 7.85. The van der Waals surface area contributed by atoms with Crippen LogP contribution < -0.4 is 4.74 Å². The average Bonchev–Trinajstić information content (AvgIpc) is 2.58. The van der Waals surface area contributed by atoms with Gasteiger partial charge in [0.15, 0.2) is 11.6 Å². The molecule has 0 atom stereocenters. The topological polar surface area (TPSA) is 9.23 Å². The Hall–Kier alpha value is -2.20. The molecule has 0 spiro atoms. The molecule has 0 aliphatic carbocycles. The second-order valence-electron chi connectivity index (χ2n) is 5.02. The molecule has 0 unspecified atom stereocenters. The molecule has 0 saturated carbocycles. The van der Waals surface area contributed by atoms with Crippen molar-refractivity contribution in [3.8, 4) is 16.9 Å². The quantitative estimate of drug-likeness (QED) is 0.546. The minimum absolute atomic E-state index is 0.0905. The van der Waals surface area contributed by atoms with Gasteiger partial charge in [0.05, 0.1) is 0 Å². The number of halogens is 3. The van der Waals surface area contributed by atoms with Crippen molar-refractivity contribution in [2.24, 2.45) is 0 Å². The van der Waals surface area contributed by atoms with Crippen molar-refractivity contribution in [2.75, 3.05) is 0 Å². The first kappa shape index (κ1) is 15.7. The molecule has 1 nitrogen and oxygen atoms in total. The van der Waals surface area contributed by atoms with Gasteiger partial charge in [0.25, 0.3) is 0 Å². The molecule has 23 heavy (non-hydrogen) atoms. The molecule has 3 aromatic rings. The SMILES string of the molecule is Fc1c(OCc2ccccc2)ccc(-c2ccc(Br)cc2)c1F. The van der Waals surface area contributed by atoms with Gasteiger partial charge in [-0.3, -0.25) is 0 Å². The van der Waals surface area contributed by atoms with Crippen molar-refractivity contribution in [1.29, 1.82) is 0 Å². The lowest BCUT2D eigenvalue weighted by atomic mass is 10.0. The van der Waals surface area contributed by atoms with Crippen LogP contribution in [0.4, 0.5) is 8.78 Å². The fourth-order valence-corrected chi connectivity index (χ4v) is 2.50. The summed E-state index contributed by atoms with van der Waals surface area (Å²) in [7, 11) is 0. The largest absolute Gasteiger partial charge is 0.486 e. The fraction of sp³-hybridized carbons (Fsp3) is 0.0526. The Morgan fingerprint density at radius 1 is 0.783 bits per heavy atom. The number of benzene rings is 3. The Kier molecular flexibility index (Phi) is 4.72. The van der Waals surface area contributed by atoms with Crippen LogP contribution in [0.15, 0.2) is 71.2 Å². The van der Waals surface area contributed by atoms with Crippen molar-refractivity contribution in [3.63, 3.8) is 0 Å². The molecular weight excluding hydrogens is 362 g/mol. The van der Waals surface area contributed by atoms with Gasteiger partial charge in [0.2, 0.25) is 5.82 Å². The summed E-state index contributed by atoms with van der Waals surface area (Å²) in [5.41, 5.74) is 1.71. The Balaban J connectivity index is 1.84. The maximum absolute atomic E-state index is 14.3. The summed E-state index contributed by atoms with van der Waals surface area (Å²) in [5.74, 6) is -1.97. The third-order valence-electron chi connectivity index (χ3n) is 3.44. The molecule has 0 N–H and O–H groups in total. The van der Waals surface area contributed by atoms with Crippen LogP contribution in [0.2, 0.25) is 0 Å². The maximum Gasteiger partial charge on any atom is 0.201 e. The minimum Gasteiger partial charge on any atom is -0.486 e. The van der Waals surface area contributed by atoms with Gasteiger partial charge in [-0.2, -0.15) is 4.39 Å². The van der Waals surface area contributed by atoms with Gasteiger partial charge >= 0.3 is 0 Å². The molecule has 3 rings (SSSR count). The van der Waals surface area contributed by atoms with E-state index >= 15 is 0 Å². The van der Waals surface area contributed by atoms with Crippen LogP contribution in [0.25, 0.3) is 11.1 Å². The van der Waals surface area contributed by atoms with Gasteiger partial charge in [-0.1, -0.05) is 58.4 Å². The van der Waals surface area contributed by atoms with Crippen LogP contribution in [0.5, 0.6) is 5.75 Å². The van der Waals surface area contributed by atoms with Gasteiger partial charge in [-0.25, -0.2) is 4.39 Å². The first-order valence-electron chi connectivity index (χ1n) is 7.06. The predicted molar refractivity (Wildman–Crippen MR) is 90.3 cm³/mol. The smallest absolute Gasteiger partial charge is 0.201 e. The molecule has 0 fully saturated rings. The van der Waals surface area contributed by atoms with Crippen molar-refractivity contribution in [3.05, 3.63) is 88.4 Å². The Bertz CT molecular complexity index is 802. The number of hydrogen-bond acceptors (Lipinski definition) is 1. The highest BCUT2D eigenvalue weighted by Crippen LogP contribution is 2.30. The third-order valence-corrected chi connectivity index (χ3v) is 3.97. The summed E-state index contributed by atoms with van der Waals surface area (Å²) in [6, 6.07) is 19.4. The molecule has 3 aromatic carbocycles. The number of rotatable bonds is 4. The summed E-state index contributed by atoms with van der Waals surface area (Å²) < 4.78 is 34.8. The minimum atomic E-state index is -0.971. The van der Waals surface area contributed by atoms with Gasteiger partial charge in [0, 0.05) is 10.0 Å². The molecule has 0 aliphatic rings. The summed E-state index contributed by atoms with van der Waals surface area (Å²) in [6.07, 6.45) is 0. The number of hydrogen-bond donors (Lipinski definition) is 0. The van der Waals surface area contributed by atoms with Gasteiger partial charge in [0.1, 0.15) is 6.61 Å². The van der Waals surface area contributed by atoms with E-state index in [9.17, 15) is 8.78 Å². The standard InChI is InChI=1S/C19H13BrF2O/c20-15-8-6-14(7-9-15)16-10-11-17(19(22)18(16)21)23-12-13-4-2-1-3-5-13/h1-11H,12H2. The zero-order valence-corrected chi connectivity index (χ0v) is 13.7. The third kappa shape index (κ3) is 3.59. The van der Waals surface area contributed by atoms with E-state index in [0.717, 1.165) is 10.0 Å². The van der Waals surface area contributed by atoms with Crippen molar-refractivity contribution >= 4 is 15.9 Å². The fourth-order valence-electron chi connectivity index (χ4n) is 2.23. The molecule has 0 aliphatic heterocycles. The van der Waals surface area contributed by atoms with E-state index in [1.807, 2.05) is 30.3 Å². The molecule has 4 heteroatoms. The van der Waals surface area contributed by atoms with E-state index in [4.69, 9.17) is 4.74 Å². The highest BCUT2D eigenvalue weighted by Gasteiger charge is 2.15. The highest BCUT2D eigenvalue weighted by molar-refractivity contribution is 9.10. The molecule has 0 heterocycles. The Morgan fingerprint density at radius 3 is 2.17 bits per heavy atom. The molecule has 0 amide bonds. The molecule has 116 valence electrons. The lowest BCUT2D eigenvalue weighted by molar-refractivity contribution is 0.285. The zero-order chi connectivity index (χ0) is 16.2. The highest BCUT2D eigenvalue weighted by atomic mass is 79.9. The second kappa shape index (κ2) is 6.92. The average molecular weight is 375 g/mol.